The maximum atomic E-state index is 12.3. The first-order valence-electron chi connectivity index (χ1n) is 9.68. The van der Waals surface area contributed by atoms with Gasteiger partial charge in [-0.1, -0.05) is 41.9 Å². The first kappa shape index (κ1) is 19.9. The van der Waals surface area contributed by atoms with E-state index in [0.29, 0.717) is 18.1 Å². The molecule has 152 valence electrons. The summed E-state index contributed by atoms with van der Waals surface area (Å²) >= 11 is 6.27. The van der Waals surface area contributed by atoms with E-state index >= 15 is 0 Å². The summed E-state index contributed by atoms with van der Waals surface area (Å²) in [5.74, 6) is 0.533. The van der Waals surface area contributed by atoms with Crippen molar-refractivity contribution >= 4 is 34.6 Å². The summed E-state index contributed by atoms with van der Waals surface area (Å²) in [4.78, 5) is 19.9. The van der Waals surface area contributed by atoms with Crippen molar-refractivity contribution in [3.05, 3.63) is 88.0 Å². The Kier molecular flexibility index (Phi) is 5.68. The smallest absolute Gasteiger partial charge is 0.244 e. The van der Waals surface area contributed by atoms with Gasteiger partial charge in [-0.3, -0.25) is 9.48 Å². The molecule has 0 aliphatic carbocycles. The van der Waals surface area contributed by atoms with Gasteiger partial charge in [0.25, 0.3) is 0 Å². The number of nitrogens with zero attached hydrogens (tertiary/aromatic N) is 3. The summed E-state index contributed by atoms with van der Waals surface area (Å²) in [5, 5.41) is 8.18. The number of para-hydroxylation sites is 2. The fourth-order valence-corrected chi connectivity index (χ4v) is 3.57. The largest absolute Gasteiger partial charge is 0.345 e. The van der Waals surface area contributed by atoms with Crippen LogP contribution in [0.15, 0.2) is 54.6 Å². The predicted octanol–water partition coefficient (Wildman–Crippen LogP) is 4.41. The van der Waals surface area contributed by atoms with Crippen LogP contribution in [0.1, 0.15) is 28.3 Å². The number of carbonyl (C=O) groups is 1. The number of rotatable bonds is 6. The average molecular weight is 420 g/mol. The monoisotopic (exact) mass is 419 g/mol. The second-order valence-corrected chi connectivity index (χ2v) is 7.49. The second-order valence-electron chi connectivity index (χ2n) is 7.09. The molecule has 1 amide bonds. The van der Waals surface area contributed by atoms with Gasteiger partial charge in [-0.05, 0) is 43.7 Å². The molecule has 2 aromatic carbocycles. The number of aromatic nitrogens is 4. The normalized spacial score (nSPS) is 11.4. The fourth-order valence-electron chi connectivity index (χ4n) is 3.37. The highest BCUT2D eigenvalue weighted by Crippen LogP contribution is 2.20. The molecule has 7 heteroatoms. The standard InChI is InChI=1S/C23H22ClN5O/c1-15-18(16(2)29(28-15)14-17-7-3-4-8-19(17)24)11-12-23(30)25-13-22-26-20-9-5-6-10-21(20)27-22/h3-12H,13-14H2,1-2H3,(H,25,30)(H,26,27)/b12-11+. The summed E-state index contributed by atoms with van der Waals surface area (Å²) < 4.78 is 1.91. The fraction of sp³-hybridized carbons (Fsp3) is 0.174. The first-order chi connectivity index (χ1) is 14.5. The zero-order valence-corrected chi connectivity index (χ0v) is 17.6. The van der Waals surface area contributed by atoms with Crippen LogP contribution in [-0.4, -0.2) is 25.7 Å². The molecule has 4 aromatic rings. The molecule has 2 aromatic heterocycles. The van der Waals surface area contributed by atoms with Gasteiger partial charge in [-0.25, -0.2) is 4.98 Å². The van der Waals surface area contributed by atoms with E-state index in [-0.39, 0.29) is 5.91 Å². The third-order valence-corrected chi connectivity index (χ3v) is 5.35. The topological polar surface area (TPSA) is 75.6 Å². The van der Waals surface area contributed by atoms with Crippen LogP contribution in [0.3, 0.4) is 0 Å². The minimum Gasteiger partial charge on any atom is -0.345 e. The van der Waals surface area contributed by atoms with Crippen molar-refractivity contribution in [1.29, 1.82) is 0 Å². The first-order valence-corrected chi connectivity index (χ1v) is 10.1. The molecule has 0 bridgehead atoms. The van der Waals surface area contributed by atoms with Crippen LogP contribution in [0, 0.1) is 13.8 Å². The summed E-state index contributed by atoms with van der Waals surface area (Å²) in [5.41, 5.74) is 5.61. The van der Waals surface area contributed by atoms with Crippen molar-refractivity contribution < 1.29 is 4.79 Å². The van der Waals surface area contributed by atoms with Gasteiger partial charge < -0.3 is 10.3 Å². The number of hydrogen-bond acceptors (Lipinski definition) is 3. The van der Waals surface area contributed by atoms with E-state index < -0.39 is 0 Å². The van der Waals surface area contributed by atoms with Crippen molar-refractivity contribution in [3.8, 4) is 0 Å². The van der Waals surface area contributed by atoms with Crippen molar-refractivity contribution in [2.45, 2.75) is 26.9 Å². The van der Waals surface area contributed by atoms with Gasteiger partial charge in [0.15, 0.2) is 0 Å². The SMILES string of the molecule is Cc1nn(Cc2ccccc2Cl)c(C)c1/C=C/C(=O)NCc1nc2ccccc2[nH]1. The van der Waals surface area contributed by atoms with Crippen molar-refractivity contribution in [2.24, 2.45) is 0 Å². The maximum Gasteiger partial charge on any atom is 0.244 e. The molecule has 0 unspecified atom stereocenters. The summed E-state index contributed by atoms with van der Waals surface area (Å²) in [6.45, 7) is 4.84. The van der Waals surface area contributed by atoms with Gasteiger partial charge in [0.1, 0.15) is 5.82 Å². The van der Waals surface area contributed by atoms with E-state index in [9.17, 15) is 4.79 Å². The summed E-state index contributed by atoms with van der Waals surface area (Å²) in [6.07, 6.45) is 3.33. The highest BCUT2D eigenvalue weighted by Gasteiger charge is 2.11. The van der Waals surface area contributed by atoms with Crippen LogP contribution in [0.2, 0.25) is 5.02 Å². The van der Waals surface area contributed by atoms with Crippen LogP contribution in [0.25, 0.3) is 17.1 Å². The molecule has 0 aliphatic rings. The van der Waals surface area contributed by atoms with E-state index in [1.807, 2.05) is 67.1 Å². The van der Waals surface area contributed by atoms with Crippen LogP contribution in [0.5, 0.6) is 0 Å². The van der Waals surface area contributed by atoms with Crippen molar-refractivity contribution in [2.75, 3.05) is 0 Å². The molecule has 0 saturated carbocycles. The number of benzene rings is 2. The van der Waals surface area contributed by atoms with Gasteiger partial charge in [0.2, 0.25) is 5.91 Å². The van der Waals surface area contributed by atoms with E-state index in [1.54, 1.807) is 6.08 Å². The number of imidazole rings is 1. The van der Waals surface area contributed by atoms with Crippen molar-refractivity contribution in [3.63, 3.8) is 0 Å². The lowest BCUT2D eigenvalue weighted by Gasteiger charge is -2.06. The van der Waals surface area contributed by atoms with Gasteiger partial charge in [0.05, 0.1) is 29.8 Å². The molecule has 0 atom stereocenters. The molecule has 2 heterocycles. The number of carbonyl (C=O) groups excluding carboxylic acids is 1. The van der Waals surface area contributed by atoms with Crippen LogP contribution >= 0.6 is 11.6 Å². The lowest BCUT2D eigenvalue weighted by molar-refractivity contribution is -0.116. The van der Waals surface area contributed by atoms with Crippen molar-refractivity contribution in [1.82, 2.24) is 25.1 Å². The lowest BCUT2D eigenvalue weighted by atomic mass is 10.1. The highest BCUT2D eigenvalue weighted by atomic mass is 35.5. The quantitative estimate of drug-likeness (QED) is 0.454. The van der Waals surface area contributed by atoms with Crippen LogP contribution in [0.4, 0.5) is 0 Å². The van der Waals surface area contributed by atoms with Gasteiger partial charge in [-0.15, -0.1) is 0 Å². The highest BCUT2D eigenvalue weighted by molar-refractivity contribution is 6.31. The Hall–Kier alpha value is -3.38. The molecule has 4 rings (SSSR count). The zero-order valence-electron chi connectivity index (χ0n) is 16.8. The minimum absolute atomic E-state index is 0.187. The van der Waals surface area contributed by atoms with E-state index in [4.69, 9.17) is 11.6 Å². The van der Waals surface area contributed by atoms with Gasteiger partial charge >= 0.3 is 0 Å². The van der Waals surface area contributed by atoms with E-state index in [2.05, 4.69) is 20.4 Å². The maximum absolute atomic E-state index is 12.3. The molecule has 0 saturated heterocycles. The molecule has 0 fully saturated rings. The third-order valence-electron chi connectivity index (χ3n) is 4.99. The molecular weight excluding hydrogens is 398 g/mol. The molecule has 0 aliphatic heterocycles. The second kappa shape index (κ2) is 8.55. The van der Waals surface area contributed by atoms with E-state index in [1.165, 1.54) is 6.08 Å². The Labute approximate surface area is 179 Å². The van der Waals surface area contributed by atoms with E-state index in [0.717, 1.165) is 39.4 Å². The van der Waals surface area contributed by atoms with Crippen LogP contribution < -0.4 is 5.32 Å². The Balaban J connectivity index is 1.42. The van der Waals surface area contributed by atoms with Gasteiger partial charge in [0, 0.05) is 22.4 Å². The predicted molar refractivity (Wildman–Crippen MR) is 119 cm³/mol. The molecule has 0 radical (unpaired) electrons. The summed E-state index contributed by atoms with van der Waals surface area (Å²) in [7, 11) is 0. The average Bonchev–Trinajstić information content (AvgIpc) is 3.27. The molecule has 6 nitrogen and oxygen atoms in total. The molecule has 30 heavy (non-hydrogen) atoms. The number of aryl methyl sites for hydroxylation is 1. The number of nitrogens with one attached hydrogen (secondary N) is 2. The molecule has 0 spiro atoms. The molecule has 2 N–H and O–H groups in total. The third kappa shape index (κ3) is 4.28. The van der Waals surface area contributed by atoms with Crippen LogP contribution in [-0.2, 0) is 17.9 Å². The lowest BCUT2D eigenvalue weighted by Crippen LogP contribution is -2.20. The van der Waals surface area contributed by atoms with Gasteiger partial charge in [-0.2, -0.15) is 5.10 Å². The number of hydrogen-bond donors (Lipinski definition) is 2. The minimum atomic E-state index is -0.187. The zero-order chi connectivity index (χ0) is 21.1. The number of aromatic amines is 1. The molecular formula is C23H22ClN5O. The Morgan fingerprint density at radius 1 is 1.17 bits per heavy atom. The number of fused-ring (bicyclic) bond motifs is 1. The Morgan fingerprint density at radius 3 is 2.73 bits per heavy atom. The summed E-state index contributed by atoms with van der Waals surface area (Å²) in [6, 6.07) is 15.5. The Bertz CT molecular complexity index is 1200. The number of amides is 1. The number of halogens is 1. The number of H-pyrrole nitrogens is 1. The Morgan fingerprint density at radius 2 is 1.93 bits per heavy atom.